The molecule has 0 aliphatic heterocycles. The van der Waals surface area contributed by atoms with Crippen molar-refractivity contribution in [2.75, 3.05) is 18.4 Å². The summed E-state index contributed by atoms with van der Waals surface area (Å²) in [7, 11) is 0. The van der Waals surface area contributed by atoms with Crippen LogP contribution in [-0.2, 0) is 11.2 Å². The molecule has 0 radical (unpaired) electrons. The van der Waals surface area contributed by atoms with Crippen LogP contribution in [0.5, 0.6) is 0 Å². The topological polar surface area (TPSA) is 56.9 Å². The SMILES string of the molecule is O=C(CNCCc1c[nH]c2ccccc12)Nc1ccc(F)cc1F. The lowest BCUT2D eigenvalue weighted by atomic mass is 10.1. The minimum atomic E-state index is -0.790. The Morgan fingerprint density at radius 1 is 1.12 bits per heavy atom. The third-order valence-corrected chi connectivity index (χ3v) is 3.74. The van der Waals surface area contributed by atoms with Gasteiger partial charge in [-0.3, -0.25) is 4.79 Å². The normalized spacial score (nSPS) is 10.9. The van der Waals surface area contributed by atoms with Gasteiger partial charge < -0.3 is 15.6 Å². The standard InChI is InChI=1S/C18H17F2N3O/c19-13-5-6-17(15(20)9-13)23-18(24)11-21-8-7-12-10-22-16-4-2-1-3-14(12)16/h1-6,9-10,21-22H,7-8,11H2,(H,23,24). The highest BCUT2D eigenvalue weighted by atomic mass is 19.1. The van der Waals surface area contributed by atoms with Crippen molar-refractivity contribution in [3.05, 3.63) is 65.9 Å². The highest BCUT2D eigenvalue weighted by Gasteiger charge is 2.08. The highest BCUT2D eigenvalue weighted by molar-refractivity contribution is 5.92. The van der Waals surface area contributed by atoms with E-state index in [-0.39, 0.29) is 18.1 Å². The van der Waals surface area contributed by atoms with E-state index in [2.05, 4.69) is 15.6 Å². The Labute approximate surface area is 137 Å². The molecule has 0 aliphatic rings. The Bertz CT molecular complexity index is 860. The van der Waals surface area contributed by atoms with Crippen molar-refractivity contribution in [3.63, 3.8) is 0 Å². The maximum Gasteiger partial charge on any atom is 0.238 e. The summed E-state index contributed by atoms with van der Waals surface area (Å²) >= 11 is 0. The van der Waals surface area contributed by atoms with Gasteiger partial charge in [0, 0.05) is 23.2 Å². The number of rotatable bonds is 6. The second-order valence-electron chi connectivity index (χ2n) is 5.46. The van der Waals surface area contributed by atoms with Gasteiger partial charge in [0.05, 0.1) is 12.2 Å². The summed E-state index contributed by atoms with van der Waals surface area (Å²) < 4.78 is 26.3. The Morgan fingerprint density at radius 3 is 2.79 bits per heavy atom. The number of hydrogen-bond donors (Lipinski definition) is 3. The molecule has 3 N–H and O–H groups in total. The number of amides is 1. The number of hydrogen-bond acceptors (Lipinski definition) is 2. The van der Waals surface area contributed by atoms with Crippen LogP contribution in [-0.4, -0.2) is 24.0 Å². The third kappa shape index (κ3) is 3.78. The summed E-state index contributed by atoms with van der Waals surface area (Å²) in [4.78, 5) is 15.0. The predicted molar refractivity (Wildman–Crippen MR) is 89.9 cm³/mol. The lowest BCUT2D eigenvalue weighted by Crippen LogP contribution is -2.29. The van der Waals surface area contributed by atoms with Crippen LogP contribution in [0.3, 0.4) is 0 Å². The van der Waals surface area contributed by atoms with E-state index in [1.54, 1.807) is 0 Å². The maximum absolute atomic E-state index is 13.5. The van der Waals surface area contributed by atoms with Gasteiger partial charge in [-0.2, -0.15) is 0 Å². The molecule has 3 aromatic rings. The van der Waals surface area contributed by atoms with Gasteiger partial charge in [0.15, 0.2) is 0 Å². The number of aromatic nitrogens is 1. The smallest absolute Gasteiger partial charge is 0.238 e. The number of halogens is 2. The van der Waals surface area contributed by atoms with E-state index in [0.717, 1.165) is 29.5 Å². The molecule has 0 atom stereocenters. The van der Waals surface area contributed by atoms with Gasteiger partial charge in [-0.25, -0.2) is 8.78 Å². The number of anilines is 1. The first-order valence-corrected chi connectivity index (χ1v) is 7.64. The molecule has 1 aromatic heterocycles. The molecule has 2 aromatic carbocycles. The Kier molecular flexibility index (Phi) is 4.86. The van der Waals surface area contributed by atoms with Crippen LogP contribution in [0.4, 0.5) is 14.5 Å². The van der Waals surface area contributed by atoms with E-state index >= 15 is 0 Å². The average Bonchev–Trinajstić information content (AvgIpc) is 2.98. The lowest BCUT2D eigenvalue weighted by molar-refractivity contribution is -0.115. The Balaban J connectivity index is 1.47. The first-order chi connectivity index (χ1) is 11.6. The molecule has 24 heavy (non-hydrogen) atoms. The molecule has 0 saturated carbocycles. The molecule has 0 saturated heterocycles. The fourth-order valence-corrected chi connectivity index (χ4v) is 2.55. The minimum absolute atomic E-state index is 0.0279. The predicted octanol–water partition coefficient (Wildman–Crippen LogP) is 3.22. The molecule has 0 aliphatic carbocycles. The second-order valence-corrected chi connectivity index (χ2v) is 5.46. The molecule has 124 valence electrons. The third-order valence-electron chi connectivity index (χ3n) is 3.74. The molecule has 1 amide bonds. The van der Waals surface area contributed by atoms with Gasteiger partial charge in [0.25, 0.3) is 0 Å². The van der Waals surface area contributed by atoms with E-state index in [0.29, 0.717) is 6.54 Å². The fraction of sp³-hybridized carbons (Fsp3) is 0.167. The maximum atomic E-state index is 13.5. The zero-order valence-corrected chi connectivity index (χ0v) is 12.9. The molecule has 6 heteroatoms. The van der Waals surface area contributed by atoms with Gasteiger partial charge in [-0.05, 0) is 36.7 Å². The van der Waals surface area contributed by atoms with Crippen LogP contribution in [0.25, 0.3) is 10.9 Å². The van der Waals surface area contributed by atoms with Crippen LogP contribution in [0.15, 0.2) is 48.7 Å². The summed E-state index contributed by atoms with van der Waals surface area (Å²) in [6.45, 7) is 0.667. The Morgan fingerprint density at radius 2 is 1.96 bits per heavy atom. The number of aromatic amines is 1. The van der Waals surface area contributed by atoms with Crippen molar-refractivity contribution in [2.24, 2.45) is 0 Å². The first-order valence-electron chi connectivity index (χ1n) is 7.64. The Hall–Kier alpha value is -2.73. The van der Waals surface area contributed by atoms with Crippen molar-refractivity contribution in [1.29, 1.82) is 0 Å². The summed E-state index contributed by atoms with van der Waals surface area (Å²) in [5.74, 6) is -1.84. The van der Waals surface area contributed by atoms with Gasteiger partial charge in [-0.15, -0.1) is 0 Å². The minimum Gasteiger partial charge on any atom is -0.361 e. The molecule has 0 spiro atoms. The molecule has 3 rings (SSSR count). The van der Waals surface area contributed by atoms with E-state index < -0.39 is 11.6 Å². The van der Waals surface area contributed by atoms with Crippen LogP contribution in [0.1, 0.15) is 5.56 Å². The zero-order valence-electron chi connectivity index (χ0n) is 12.9. The van der Waals surface area contributed by atoms with Gasteiger partial charge in [0.2, 0.25) is 5.91 Å². The van der Waals surface area contributed by atoms with Gasteiger partial charge >= 0.3 is 0 Å². The molecule has 4 nitrogen and oxygen atoms in total. The summed E-state index contributed by atoms with van der Waals surface area (Å²) in [5.41, 5.74) is 2.22. The monoisotopic (exact) mass is 329 g/mol. The number of fused-ring (bicyclic) bond motifs is 1. The van der Waals surface area contributed by atoms with Crippen molar-refractivity contribution < 1.29 is 13.6 Å². The first kappa shape index (κ1) is 16.1. The summed E-state index contributed by atoms with van der Waals surface area (Å²) in [6, 6.07) is 11.1. The largest absolute Gasteiger partial charge is 0.361 e. The number of carbonyl (C=O) groups is 1. The van der Waals surface area contributed by atoms with E-state index in [9.17, 15) is 13.6 Å². The summed E-state index contributed by atoms with van der Waals surface area (Å²) in [5, 5.41) is 6.59. The van der Waals surface area contributed by atoms with E-state index in [1.807, 2.05) is 30.5 Å². The molecule has 0 fully saturated rings. The summed E-state index contributed by atoms with van der Waals surface area (Å²) in [6.07, 6.45) is 2.72. The zero-order chi connectivity index (χ0) is 16.9. The second kappa shape index (κ2) is 7.23. The number of nitrogens with one attached hydrogen (secondary N) is 3. The van der Waals surface area contributed by atoms with Crippen molar-refractivity contribution in [1.82, 2.24) is 10.3 Å². The van der Waals surface area contributed by atoms with Gasteiger partial charge in [-0.1, -0.05) is 18.2 Å². The number of benzene rings is 2. The molecule has 0 bridgehead atoms. The molecular formula is C18H17F2N3O. The fourth-order valence-electron chi connectivity index (χ4n) is 2.55. The molecule has 0 unspecified atom stereocenters. The van der Waals surface area contributed by atoms with Crippen LogP contribution in [0.2, 0.25) is 0 Å². The lowest BCUT2D eigenvalue weighted by Gasteiger charge is -2.07. The van der Waals surface area contributed by atoms with Crippen LogP contribution in [0, 0.1) is 11.6 Å². The van der Waals surface area contributed by atoms with E-state index in [4.69, 9.17) is 0 Å². The number of para-hydroxylation sites is 1. The van der Waals surface area contributed by atoms with Gasteiger partial charge in [0.1, 0.15) is 11.6 Å². The quantitative estimate of drug-likeness (QED) is 0.608. The molecular weight excluding hydrogens is 312 g/mol. The van der Waals surface area contributed by atoms with Crippen molar-refractivity contribution >= 4 is 22.5 Å². The molecule has 1 heterocycles. The van der Waals surface area contributed by atoms with Crippen molar-refractivity contribution in [2.45, 2.75) is 6.42 Å². The average molecular weight is 329 g/mol. The van der Waals surface area contributed by atoms with Crippen molar-refractivity contribution in [3.8, 4) is 0 Å². The number of H-pyrrole nitrogens is 1. The van der Waals surface area contributed by atoms with E-state index in [1.165, 1.54) is 11.6 Å². The number of carbonyl (C=O) groups excluding carboxylic acids is 1. The van der Waals surface area contributed by atoms with Crippen LogP contribution < -0.4 is 10.6 Å². The van der Waals surface area contributed by atoms with Crippen LogP contribution >= 0.6 is 0 Å². The highest BCUT2D eigenvalue weighted by Crippen LogP contribution is 2.17.